The van der Waals surface area contributed by atoms with Gasteiger partial charge in [-0.1, -0.05) is 48.4 Å². The first-order valence-electron chi connectivity index (χ1n) is 9.06. The molecule has 0 aliphatic carbocycles. The second-order valence-corrected chi connectivity index (χ2v) is 6.77. The van der Waals surface area contributed by atoms with E-state index in [1.165, 1.54) is 43.5 Å². The summed E-state index contributed by atoms with van der Waals surface area (Å²) in [4.78, 5) is 14.5. The first kappa shape index (κ1) is 17.4. The molecule has 3 nitrogen and oxygen atoms in total. The van der Waals surface area contributed by atoms with E-state index in [0.29, 0.717) is 0 Å². The second kappa shape index (κ2) is 8.63. The summed E-state index contributed by atoms with van der Waals surface area (Å²) in [5, 5.41) is 2.92. The van der Waals surface area contributed by atoms with Gasteiger partial charge >= 0.3 is 0 Å². The average molecular weight is 334 g/mol. The molecule has 1 N–H and O–H groups in total. The van der Waals surface area contributed by atoms with Crippen LogP contribution in [0.1, 0.15) is 36.0 Å². The molecular weight excluding hydrogens is 308 g/mol. The number of nitrogens with one attached hydrogen (secondary N) is 1. The largest absolute Gasteiger partial charge is 0.323 e. The Labute approximate surface area is 150 Å². The number of likely N-dealkylation sites (tertiary alicyclic amines) is 1. The first-order valence-corrected chi connectivity index (χ1v) is 9.06. The minimum atomic E-state index is -0.107. The van der Waals surface area contributed by atoms with E-state index in [-0.39, 0.29) is 5.91 Å². The van der Waals surface area contributed by atoms with E-state index in [1.54, 1.807) is 6.08 Å². The van der Waals surface area contributed by atoms with Gasteiger partial charge < -0.3 is 5.32 Å². The predicted molar refractivity (Wildman–Crippen MR) is 104 cm³/mol. The Balaban J connectivity index is 1.51. The fraction of sp³-hybridized carbons (Fsp3) is 0.318. The molecule has 1 aliphatic heterocycles. The van der Waals surface area contributed by atoms with Crippen LogP contribution in [0.5, 0.6) is 0 Å². The summed E-state index contributed by atoms with van der Waals surface area (Å²) in [6.45, 7) is 5.45. The summed E-state index contributed by atoms with van der Waals surface area (Å²) < 4.78 is 0. The number of hydrogen-bond acceptors (Lipinski definition) is 2. The van der Waals surface area contributed by atoms with Crippen molar-refractivity contribution in [3.63, 3.8) is 0 Å². The molecule has 2 aromatic carbocycles. The number of carbonyl (C=O) groups excluding carboxylic acids is 1. The summed E-state index contributed by atoms with van der Waals surface area (Å²) in [5.74, 6) is -0.107. The van der Waals surface area contributed by atoms with E-state index in [9.17, 15) is 4.79 Å². The van der Waals surface area contributed by atoms with E-state index < -0.39 is 0 Å². The molecular formula is C22H26N2O. The van der Waals surface area contributed by atoms with Crippen LogP contribution < -0.4 is 5.32 Å². The van der Waals surface area contributed by atoms with E-state index >= 15 is 0 Å². The Morgan fingerprint density at radius 2 is 1.68 bits per heavy atom. The number of hydrogen-bond donors (Lipinski definition) is 1. The summed E-state index contributed by atoms with van der Waals surface area (Å²) in [6, 6.07) is 16.3. The number of nitrogens with zero attached hydrogens (tertiary/aromatic N) is 1. The Kier molecular flexibility index (Phi) is 6.02. The van der Waals surface area contributed by atoms with Crippen molar-refractivity contribution < 1.29 is 4.79 Å². The molecule has 130 valence electrons. The average Bonchev–Trinajstić information content (AvgIpc) is 2.64. The zero-order valence-corrected chi connectivity index (χ0v) is 14.9. The van der Waals surface area contributed by atoms with Crippen molar-refractivity contribution in [1.82, 2.24) is 4.90 Å². The number of aryl methyl sites for hydroxylation is 1. The lowest BCUT2D eigenvalue weighted by Gasteiger charge is -2.26. The summed E-state index contributed by atoms with van der Waals surface area (Å²) >= 11 is 0. The van der Waals surface area contributed by atoms with Gasteiger partial charge in [-0.25, -0.2) is 0 Å². The van der Waals surface area contributed by atoms with Gasteiger partial charge in [-0.05, 0) is 62.2 Å². The van der Waals surface area contributed by atoms with E-state index in [0.717, 1.165) is 17.8 Å². The van der Waals surface area contributed by atoms with Crippen molar-refractivity contribution >= 4 is 17.7 Å². The Bertz CT molecular complexity index is 711. The molecule has 2 aromatic rings. The SMILES string of the molecule is Cc1ccc(/C=C/C(=O)Nc2ccc(CN3CCCCC3)cc2)cc1. The zero-order chi connectivity index (χ0) is 17.5. The van der Waals surface area contributed by atoms with Crippen LogP contribution in [0.25, 0.3) is 6.08 Å². The molecule has 1 aliphatic rings. The van der Waals surface area contributed by atoms with Crippen molar-refractivity contribution in [2.75, 3.05) is 18.4 Å². The van der Waals surface area contributed by atoms with Crippen molar-refractivity contribution in [1.29, 1.82) is 0 Å². The minimum Gasteiger partial charge on any atom is -0.323 e. The highest BCUT2D eigenvalue weighted by Gasteiger charge is 2.10. The molecule has 1 amide bonds. The lowest BCUT2D eigenvalue weighted by Crippen LogP contribution is -2.29. The fourth-order valence-corrected chi connectivity index (χ4v) is 3.10. The minimum absolute atomic E-state index is 0.107. The van der Waals surface area contributed by atoms with Gasteiger partial charge in [-0.2, -0.15) is 0 Å². The summed E-state index contributed by atoms with van der Waals surface area (Å²) in [6.07, 6.45) is 7.38. The second-order valence-electron chi connectivity index (χ2n) is 6.77. The lowest BCUT2D eigenvalue weighted by molar-refractivity contribution is -0.111. The lowest BCUT2D eigenvalue weighted by atomic mass is 10.1. The molecule has 3 rings (SSSR count). The molecule has 0 saturated carbocycles. The highest BCUT2D eigenvalue weighted by atomic mass is 16.1. The van der Waals surface area contributed by atoms with E-state index in [2.05, 4.69) is 29.3 Å². The Morgan fingerprint density at radius 3 is 2.36 bits per heavy atom. The monoisotopic (exact) mass is 334 g/mol. The van der Waals surface area contributed by atoms with E-state index in [1.807, 2.05) is 42.5 Å². The number of piperidine rings is 1. The number of amides is 1. The molecule has 0 radical (unpaired) electrons. The maximum atomic E-state index is 12.0. The molecule has 1 fully saturated rings. The van der Waals surface area contributed by atoms with Crippen LogP contribution in [0.2, 0.25) is 0 Å². The van der Waals surface area contributed by atoms with Gasteiger partial charge in [0.05, 0.1) is 0 Å². The fourth-order valence-electron chi connectivity index (χ4n) is 3.10. The van der Waals surface area contributed by atoms with Gasteiger partial charge in [0.1, 0.15) is 0 Å². The van der Waals surface area contributed by atoms with Crippen LogP contribution in [-0.4, -0.2) is 23.9 Å². The third kappa shape index (κ3) is 5.57. The van der Waals surface area contributed by atoms with Crippen LogP contribution in [0.4, 0.5) is 5.69 Å². The molecule has 0 spiro atoms. The maximum Gasteiger partial charge on any atom is 0.248 e. The standard InChI is InChI=1S/C22H26N2O/c1-18-5-7-19(8-6-18)11-14-22(25)23-21-12-9-20(10-13-21)17-24-15-3-2-4-16-24/h5-14H,2-4,15-17H2,1H3,(H,23,25)/b14-11+. The molecule has 3 heteroatoms. The van der Waals surface area contributed by atoms with Gasteiger partial charge in [0.25, 0.3) is 0 Å². The van der Waals surface area contributed by atoms with Crippen molar-refractivity contribution in [3.8, 4) is 0 Å². The first-order chi connectivity index (χ1) is 12.2. The Hall–Kier alpha value is -2.39. The molecule has 1 heterocycles. The number of anilines is 1. The molecule has 0 aromatic heterocycles. The molecule has 0 unspecified atom stereocenters. The van der Waals surface area contributed by atoms with Gasteiger partial charge in [-0.3, -0.25) is 9.69 Å². The number of benzene rings is 2. The summed E-state index contributed by atoms with van der Waals surface area (Å²) in [5.41, 5.74) is 4.37. The molecule has 0 atom stereocenters. The number of rotatable bonds is 5. The van der Waals surface area contributed by atoms with Crippen LogP contribution in [0.3, 0.4) is 0 Å². The van der Waals surface area contributed by atoms with Crippen molar-refractivity contribution in [2.45, 2.75) is 32.7 Å². The van der Waals surface area contributed by atoms with Crippen molar-refractivity contribution in [2.24, 2.45) is 0 Å². The predicted octanol–water partition coefficient (Wildman–Crippen LogP) is 4.63. The number of carbonyl (C=O) groups is 1. The van der Waals surface area contributed by atoms with Crippen LogP contribution in [-0.2, 0) is 11.3 Å². The van der Waals surface area contributed by atoms with Gasteiger partial charge in [-0.15, -0.1) is 0 Å². The Morgan fingerprint density at radius 1 is 1.00 bits per heavy atom. The maximum absolute atomic E-state index is 12.0. The van der Waals surface area contributed by atoms with Crippen LogP contribution >= 0.6 is 0 Å². The molecule has 0 bridgehead atoms. The smallest absolute Gasteiger partial charge is 0.248 e. The third-order valence-electron chi connectivity index (χ3n) is 4.58. The quantitative estimate of drug-likeness (QED) is 0.808. The third-order valence-corrected chi connectivity index (χ3v) is 4.58. The molecule has 25 heavy (non-hydrogen) atoms. The normalized spacial score (nSPS) is 15.4. The van der Waals surface area contributed by atoms with Gasteiger partial charge in [0.15, 0.2) is 0 Å². The zero-order valence-electron chi connectivity index (χ0n) is 14.9. The summed E-state index contributed by atoms with van der Waals surface area (Å²) in [7, 11) is 0. The van der Waals surface area contributed by atoms with E-state index in [4.69, 9.17) is 0 Å². The van der Waals surface area contributed by atoms with Gasteiger partial charge in [0.2, 0.25) is 5.91 Å². The van der Waals surface area contributed by atoms with Crippen LogP contribution in [0.15, 0.2) is 54.6 Å². The van der Waals surface area contributed by atoms with Crippen LogP contribution in [0, 0.1) is 6.92 Å². The van der Waals surface area contributed by atoms with Gasteiger partial charge in [0, 0.05) is 18.3 Å². The topological polar surface area (TPSA) is 32.3 Å². The molecule has 1 saturated heterocycles. The highest BCUT2D eigenvalue weighted by molar-refractivity contribution is 6.01. The van der Waals surface area contributed by atoms with Crippen molar-refractivity contribution in [3.05, 3.63) is 71.3 Å². The highest BCUT2D eigenvalue weighted by Crippen LogP contribution is 2.15.